The van der Waals surface area contributed by atoms with E-state index in [9.17, 15) is 14.4 Å². The maximum absolute atomic E-state index is 13.6. The van der Waals surface area contributed by atoms with Crippen molar-refractivity contribution in [3.8, 4) is 23.1 Å². The van der Waals surface area contributed by atoms with Gasteiger partial charge >= 0.3 is 11.9 Å². The average molecular weight is 552 g/mol. The molecule has 10 nitrogen and oxygen atoms in total. The molecule has 4 rings (SSSR count). The fourth-order valence-corrected chi connectivity index (χ4v) is 5.05. The van der Waals surface area contributed by atoms with E-state index in [2.05, 4.69) is 21.9 Å². The molecule has 5 unspecified atom stereocenters. The van der Waals surface area contributed by atoms with Gasteiger partial charge in [0.15, 0.2) is 5.82 Å². The van der Waals surface area contributed by atoms with Crippen molar-refractivity contribution in [1.29, 1.82) is 0 Å². The molecular formula is C30H37N3O7. The summed E-state index contributed by atoms with van der Waals surface area (Å²) < 4.78 is 22.5. The van der Waals surface area contributed by atoms with Gasteiger partial charge in [-0.05, 0) is 47.0 Å². The molecule has 1 amide bonds. The number of nitrogens with one attached hydrogen (secondary N) is 1. The van der Waals surface area contributed by atoms with Gasteiger partial charge in [0.05, 0.1) is 31.6 Å². The molecule has 0 saturated heterocycles. The molecule has 2 aliphatic carbocycles. The van der Waals surface area contributed by atoms with Crippen LogP contribution < -0.4 is 14.8 Å². The molecule has 214 valence electrons. The monoisotopic (exact) mass is 551 g/mol. The summed E-state index contributed by atoms with van der Waals surface area (Å²) in [5.41, 5.74) is -1.12. The summed E-state index contributed by atoms with van der Waals surface area (Å²) in [6.45, 7) is 11.0. The molecule has 2 aromatic rings. The van der Waals surface area contributed by atoms with Crippen molar-refractivity contribution in [3.63, 3.8) is 0 Å². The van der Waals surface area contributed by atoms with Gasteiger partial charge in [0.1, 0.15) is 17.2 Å². The topological polar surface area (TPSA) is 126 Å². The van der Waals surface area contributed by atoms with Crippen LogP contribution in [0.3, 0.4) is 0 Å². The van der Waals surface area contributed by atoms with E-state index in [1.165, 1.54) is 7.11 Å². The second-order valence-corrected chi connectivity index (χ2v) is 11.1. The minimum atomic E-state index is -1.17. The highest BCUT2D eigenvalue weighted by Crippen LogP contribution is 2.46. The Balaban J connectivity index is 1.57. The molecule has 0 bridgehead atoms. The van der Waals surface area contributed by atoms with E-state index >= 15 is 0 Å². The van der Waals surface area contributed by atoms with Crippen LogP contribution in [0.5, 0.6) is 11.8 Å². The first-order valence-corrected chi connectivity index (χ1v) is 13.5. The molecule has 2 aliphatic rings. The third-order valence-corrected chi connectivity index (χ3v) is 7.06. The molecule has 1 N–H and O–H groups in total. The fraction of sp³-hybridized carbons (Fsp3) is 0.500. The lowest BCUT2D eigenvalue weighted by Gasteiger charge is -2.25. The molecule has 0 spiro atoms. The Morgan fingerprint density at radius 1 is 1.10 bits per heavy atom. The van der Waals surface area contributed by atoms with Crippen molar-refractivity contribution >= 4 is 17.8 Å². The largest absolute Gasteiger partial charge is 0.481 e. The first-order chi connectivity index (χ1) is 19.0. The number of methoxy groups -OCH3 is 1. The summed E-state index contributed by atoms with van der Waals surface area (Å²) in [5, 5.41) is 2.88. The number of amides is 1. The van der Waals surface area contributed by atoms with Gasteiger partial charge in [-0.25, -0.2) is 4.79 Å². The van der Waals surface area contributed by atoms with Crippen LogP contribution in [0.2, 0.25) is 0 Å². The van der Waals surface area contributed by atoms with Crippen molar-refractivity contribution < 1.29 is 33.3 Å². The molecule has 0 aliphatic heterocycles. The summed E-state index contributed by atoms with van der Waals surface area (Å²) in [6.07, 6.45) is 1.96. The van der Waals surface area contributed by atoms with Gasteiger partial charge < -0.3 is 24.3 Å². The minimum absolute atomic E-state index is 0.188. The Labute approximate surface area is 234 Å². The molecular weight excluding hydrogens is 514 g/mol. The fourth-order valence-electron chi connectivity index (χ4n) is 5.05. The molecule has 1 heterocycles. The number of hydrogen-bond acceptors (Lipinski definition) is 9. The van der Waals surface area contributed by atoms with Gasteiger partial charge in [0.25, 0.3) is 0 Å². The molecule has 2 fully saturated rings. The highest BCUT2D eigenvalue weighted by Gasteiger charge is 2.62. The maximum atomic E-state index is 13.6. The van der Waals surface area contributed by atoms with Crippen LogP contribution in [-0.4, -0.2) is 58.8 Å². The predicted octanol–water partition coefficient (Wildman–Crippen LogP) is 3.89. The number of hydrogen-bond donors (Lipinski definition) is 1. The lowest BCUT2D eigenvalue weighted by molar-refractivity contribution is -0.163. The van der Waals surface area contributed by atoms with Crippen LogP contribution in [-0.2, 0) is 23.9 Å². The summed E-state index contributed by atoms with van der Waals surface area (Å²) in [4.78, 5) is 48.6. The number of benzene rings is 1. The summed E-state index contributed by atoms with van der Waals surface area (Å²) in [6, 6.07) is 11.0. The van der Waals surface area contributed by atoms with Crippen molar-refractivity contribution in [1.82, 2.24) is 15.3 Å². The Bertz CT molecular complexity index is 1260. The van der Waals surface area contributed by atoms with E-state index in [0.717, 1.165) is 5.56 Å². The zero-order valence-corrected chi connectivity index (χ0v) is 23.6. The summed E-state index contributed by atoms with van der Waals surface area (Å²) in [5.74, 6) is -2.22. The van der Waals surface area contributed by atoms with Crippen molar-refractivity contribution in [2.24, 2.45) is 17.8 Å². The zero-order valence-electron chi connectivity index (χ0n) is 23.6. The van der Waals surface area contributed by atoms with Crippen LogP contribution in [0.25, 0.3) is 11.4 Å². The zero-order chi connectivity index (χ0) is 29.1. The quantitative estimate of drug-likeness (QED) is 0.346. The van der Waals surface area contributed by atoms with Crippen LogP contribution in [0.1, 0.15) is 47.0 Å². The van der Waals surface area contributed by atoms with Crippen LogP contribution in [0.4, 0.5) is 0 Å². The van der Waals surface area contributed by atoms with Crippen molar-refractivity contribution in [2.75, 3.05) is 13.7 Å². The molecule has 10 heteroatoms. The van der Waals surface area contributed by atoms with E-state index in [-0.39, 0.29) is 31.2 Å². The molecule has 2 saturated carbocycles. The Morgan fingerprint density at radius 3 is 2.38 bits per heavy atom. The van der Waals surface area contributed by atoms with E-state index < -0.39 is 46.9 Å². The molecule has 40 heavy (non-hydrogen) atoms. The van der Waals surface area contributed by atoms with Crippen LogP contribution >= 0.6 is 0 Å². The standard InChI is InChI=1S/C30H37N3O7/c1-7-19-17-30(19,28(36)38-8-2)33-26(34)21-14-20(15-22(21)27(35)40-29(3,4)5)39-24-16-23(37-6)31-25(32-24)18-12-10-9-11-13-18/h7,9-13,16,19-22H,1,8,14-15,17H2,2-6H3,(H,33,34). The highest BCUT2D eigenvalue weighted by atomic mass is 16.6. The number of ether oxygens (including phenoxy) is 4. The maximum Gasteiger partial charge on any atom is 0.332 e. The predicted molar refractivity (Wildman–Crippen MR) is 146 cm³/mol. The van der Waals surface area contributed by atoms with Gasteiger partial charge in [-0.15, -0.1) is 6.58 Å². The third-order valence-electron chi connectivity index (χ3n) is 7.06. The van der Waals surface area contributed by atoms with E-state index in [1.807, 2.05) is 30.3 Å². The van der Waals surface area contributed by atoms with Crippen LogP contribution in [0, 0.1) is 17.8 Å². The second-order valence-electron chi connectivity index (χ2n) is 11.1. The molecule has 1 aromatic heterocycles. The van der Waals surface area contributed by atoms with Gasteiger partial charge in [-0.2, -0.15) is 9.97 Å². The van der Waals surface area contributed by atoms with E-state index in [0.29, 0.717) is 18.1 Å². The van der Waals surface area contributed by atoms with Crippen molar-refractivity contribution in [3.05, 3.63) is 49.1 Å². The SMILES string of the molecule is C=CC1CC1(NC(=O)C1CC(Oc2cc(OC)nc(-c3ccccc3)n2)CC1C(=O)OC(C)(C)C)C(=O)OCC. The smallest absolute Gasteiger partial charge is 0.332 e. The van der Waals surface area contributed by atoms with E-state index in [1.54, 1.807) is 39.8 Å². The Hall–Kier alpha value is -3.95. The van der Waals surface area contributed by atoms with Gasteiger partial charge in [-0.1, -0.05) is 36.4 Å². The van der Waals surface area contributed by atoms with Crippen LogP contribution in [0.15, 0.2) is 49.1 Å². The van der Waals surface area contributed by atoms with Crippen molar-refractivity contribution in [2.45, 2.75) is 64.2 Å². The number of rotatable bonds is 10. The first-order valence-electron chi connectivity index (χ1n) is 13.5. The molecule has 0 radical (unpaired) electrons. The van der Waals surface area contributed by atoms with E-state index in [4.69, 9.17) is 18.9 Å². The number of carbonyl (C=O) groups is 3. The number of nitrogens with zero attached hydrogens (tertiary/aromatic N) is 2. The number of carbonyl (C=O) groups excluding carboxylic acids is 3. The Kier molecular flexibility index (Phi) is 8.46. The number of esters is 2. The molecule has 5 atom stereocenters. The highest BCUT2D eigenvalue weighted by molar-refractivity contribution is 5.94. The third kappa shape index (κ3) is 6.43. The Morgan fingerprint density at radius 2 is 1.77 bits per heavy atom. The summed E-state index contributed by atoms with van der Waals surface area (Å²) >= 11 is 0. The lowest BCUT2D eigenvalue weighted by Crippen LogP contribution is -2.49. The van der Waals surface area contributed by atoms with Gasteiger partial charge in [-0.3, -0.25) is 9.59 Å². The van der Waals surface area contributed by atoms with Gasteiger partial charge in [0.2, 0.25) is 17.7 Å². The minimum Gasteiger partial charge on any atom is -0.481 e. The van der Waals surface area contributed by atoms with Gasteiger partial charge in [0, 0.05) is 11.5 Å². The summed E-state index contributed by atoms with van der Waals surface area (Å²) in [7, 11) is 1.50. The molecule has 1 aromatic carbocycles. The lowest BCUT2D eigenvalue weighted by atomic mass is 9.94. The number of aromatic nitrogens is 2. The first kappa shape index (κ1) is 29.0. The normalized spacial score (nSPS) is 25.4. The second kappa shape index (κ2) is 11.7. The average Bonchev–Trinajstić information content (AvgIpc) is 3.47.